The lowest BCUT2D eigenvalue weighted by atomic mass is 9.94. The van der Waals surface area contributed by atoms with Gasteiger partial charge in [0.05, 0.1) is 13.2 Å². The number of hydrogen-bond donors (Lipinski definition) is 1. The summed E-state index contributed by atoms with van der Waals surface area (Å²) in [5, 5.41) is 0.736. The molecule has 0 radical (unpaired) electrons. The minimum Gasteiger partial charge on any atom is -0.496 e. The zero-order chi connectivity index (χ0) is 14.0. The van der Waals surface area contributed by atoms with Gasteiger partial charge in [-0.15, -0.1) is 0 Å². The van der Waals surface area contributed by atoms with E-state index in [1.54, 1.807) is 7.11 Å². The molecule has 3 heteroatoms. The predicted octanol–water partition coefficient (Wildman–Crippen LogP) is 4.01. The topological polar surface area (TPSA) is 35.2 Å². The molecule has 0 aliphatic heterocycles. The van der Waals surface area contributed by atoms with Gasteiger partial charge in [-0.25, -0.2) is 0 Å². The summed E-state index contributed by atoms with van der Waals surface area (Å²) in [6, 6.07) is 11.7. The first-order valence-corrected chi connectivity index (χ1v) is 6.57. The lowest BCUT2D eigenvalue weighted by molar-refractivity contribution is 0.411. The number of rotatable bonds is 3. The van der Waals surface area contributed by atoms with E-state index in [1.807, 2.05) is 44.2 Å². The predicted molar refractivity (Wildman–Crippen MR) is 80.0 cm³/mol. The highest BCUT2D eigenvalue weighted by Crippen LogP contribution is 2.28. The van der Waals surface area contributed by atoms with Gasteiger partial charge < -0.3 is 10.5 Å². The number of halogens is 1. The number of methoxy groups -OCH3 is 1. The lowest BCUT2D eigenvalue weighted by Gasteiger charge is -2.17. The molecular weight excluding hydrogens is 258 g/mol. The van der Waals surface area contributed by atoms with E-state index in [2.05, 4.69) is 6.07 Å². The second-order valence-corrected chi connectivity index (χ2v) is 5.14. The van der Waals surface area contributed by atoms with Gasteiger partial charge in [-0.3, -0.25) is 0 Å². The molecule has 0 amide bonds. The molecule has 0 saturated heterocycles. The van der Waals surface area contributed by atoms with E-state index in [4.69, 9.17) is 22.1 Å². The summed E-state index contributed by atoms with van der Waals surface area (Å²) in [4.78, 5) is 0. The molecule has 0 spiro atoms. The molecule has 2 nitrogen and oxygen atoms in total. The molecule has 0 aliphatic rings. The fraction of sp³-hybridized carbons (Fsp3) is 0.250. The third-order valence-electron chi connectivity index (χ3n) is 3.34. The van der Waals surface area contributed by atoms with E-state index in [0.717, 1.165) is 33.0 Å². The molecule has 0 saturated carbocycles. The average molecular weight is 276 g/mol. The Morgan fingerprint density at radius 2 is 1.79 bits per heavy atom. The van der Waals surface area contributed by atoms with Crippen molar-refractivity contribution in [2.75, 3.05) is 7.11 Å². The second kappa shape index (κ2) is 5.64. The van der Waals surface area contributed by atoms with Crippen molar-refractivity contribution in [1.29, 1.82) is 0 Å². The Balaban J connectivity index is 2.38. The first-order valence-electron chi connectivity index (χ1n) is 6.19. The van der Waals surface area contributed by atoms with Crippen LogP contribution < -0.4 is 10.5 Å². The fourth-order valence-corrected chi connectivity index (χ4v) is 2.49. The third-order valence-corrected chi connectivity index (χ3v) is 3.58. The maximum absolute atomic E-state index is 6.34. The van der Waals surface area contributed by atoms with Crippen LogP contribution in [0.25, 0.3) is 0 Å². The maximum Gasteiger partial charge on any atom is 0.121 e. The number of nitrogens with two attached hydrogens (primary N) is 1. The van der Waals surface area contributed by atoms with Crippen LogP contribution in [0.3, 0.4) is 0 Å². The van der Waals surface area contributed by atoms with Crippen LogP contribution >= 0.6 is 11.6 Å². The van der Waals surface area contributed by atoms with Crippen molar-refractivity contribution >= 4 is 11.6 Å². The lowest BCUT2D eigenvalue weighted by Crippen LogP contribution is -2.13. The molecule has 1 atom stereocenters. The van der Waals surface area contributed by atoms with Crippen LogP contribution in [-0.4, -0.2) is 7.11 Å². The SMILES string of the molecule is COc1ccc(C(N)c2ccc(Cl)cc2C)cc1C. The fourth-order valence-electron chi connectivity index (χ4n) is 2.26. The Morgan fingerprint density at radius 3 is 2.37 bits per heavy atom. The van der Waals surface area contributed by atoms with Crippen molar-refractivity contribution in [3.8, 4) is 5.75 Å². The van der Waals surface area contributed by atoms with Crippen molar-refractivity contribution < 1.29 is 4.74 Å². The molecule has 100 valence electrons. The van der Waals surface area contributed by atoms with Crippen LogP contribution in [-0.2, 0) is 0 Å². The van der Waals surface area contributed by atoms with Gasteiger partial charge >= 0.3 is 0 Å². The van der Waals surface area contributed by atoms with Crippen molar-refractivity contribution in [2.45, 2.75) is 19.9 Å². The first-order chi connectivity index (χ1) is 9.02. The van der Waals surface area contributed by atoms with E-state index < -0.39 is 0 Å². The van der Waals surface area contributed by atoms with E-state index in [1.165, 1.54) is 0 Å². The Bertz CT molecular complexity index is 595. The Morgan fingerprint density at radius 1 is 1.05 bits per heavy atom. The van der Waals surface area contributed by atoms with Gasteiger partial charge in [0.2, 0.25) is 0 Å². The summed E-state index contributed by atoms with van der Waals surface area (Å²) in [6.07, 6.45) is 0. The summed E-state index contributed by atoms with van der Waals surface area (Å²) >= 11 is 5.98. The van der Waals surface area contributed by atoms with Crippen LogP contribution in [0, 0.1) is 13.8 Å². The molecule has 2 N–H and O–H groups in total. The van der Waals surface area contributed by atoms with Gasteiger partial charge in [0.25, 0.3) is 0 Å². The average Bonchev–Trinajstić information content (AvgIpc) is 2.38. The van der Waals surface area contributed by atoms with Crippen LogP contribution in [0.4, 0.5) is 0 Å². The molecule has 2 aromatic rings. The van der Waals surface area contributed by atoms with E-state index in [-0.39, 0.29) is 6.04 Å². The second-order valence-electron chi connectivity index (χ2n) is 4.71. The Labute approximate surface area is 119 Å². The van der Waals surface area contributed by atoms with Gasteiger partial charge in [-0.1, -0.05) is 29.8 Å². The van der Waals surface area contributed by atoms with E-state index in [0.29, 0.717) is 0 Å². The minimum atomic E-state index is -0.151. The van der Waals surface area contributed by atoms with Gasteiger partial charge in [-0.2, -0.15) is 0 Å². The van der Waals surface area contributed by atoms with Crippen molar-refractivity contribution in [3.05, 3.63) is 63.7 Å². The number of ether oxygens (including phenoxy) is 1. The molecule has 0 bridgehead atoms. The quantitative estimate of drug-likeness (QED) is 0.918. The van der Waals surface area contributed by atoms with Crippen molar-refractivity contribution in [1.82, 2.24) is 0 Å². The van der Waals surface area contributed by atoms with Gasteiger partial charge in [0.1, 0.15) is 5.75 Å². The third kappa shape index (κ3) is 2.91. The van der Waals surface area contributed by atoms with Crippen LogP contribution in [0.15, 0.2) is 36.4 Å². The Hall–Kier alpha value is -1.51. The molecule has 0 fully saturated rings. The number of hydrogen-bond acceptors (Lipinski definition) is 2. The monoisotopic (exact) mass is 275 g/mol. The summed E-state index contributed by atoms with van der Waals surface area (Å²) in [6.45, 7) is 4.04. The molecule has 2 rings (SSSR count). The summed E-state index contributed by atoms with van der Waals surface area (Å²) < 4.78 is 5.27. The van der Waals surface area contributed by atoms with Crippen LogP contribution in [0.1, 0.15) is 28.3 Å². The van der Waals surface area contributed by atoms with Gasteiger partial charge in [0, 0.05) is 5.02 Å². The maximum atomic E-state index is 6.34. The Kier molecular flexibility index (Phi) is 4.13. The summed E-state index contributed by atoms with van der Waals surface area (Å²) in [5.74, 6) is 0.878. The summed E-state index contributed by atoms with van der Waals surface area (Å²) in [5.41, 5.74) is 10.7. The minimum absolute atomic E-state index is 0.151. The molecule has 2 aromatic carbocycles. The zero-order valence-corrected chi connectivity index (χ0v) is 12.2. The van der Waals surface area contributed by atoms with Crippen molar-refractivity contribution in [3.63, 3.8) is 0 Å². The highest BCUT2D eigenvalue weighted by molar-refractivity contribution is 6.30. The highest BCUT2D eigenvalue weighted by atomic mass is 35.5. The van der Waals surface area contributed by atoms with Crippen molar-refractivity contribution in [2.24, 2.45) is 5.73 Å². The molecule has 19 heavy (non-hydrogen) atoms. The molecule has 0 heterocycles. The zero-order valence-electron chi connectivity index (χ0n) is 11.4. The van der Waals surface area contributed by atoms with E-state index >= 15 is 0 Å². The number of aryl methyl sites for hydroxylation is 2. The molecule has 1 unspecified atom stereocenters. The number of benzene rings is 2. The smallest absolute Gasteiger partial charge is 0.121 e. The molecule has 0 aromatic heterocycles. The first kappa shape index (κ1) is 13.9. The van der Waals surface area contributed by atoms with Gasteiger partial charge in [0.15, 0.2) is 0 Å². The largest absolute Gasteiger partial charge is 0.496 e. The van der Waals surface area contributed by atoms with Crippen LogP contribution in [0.2, 0.25) is 5.02 Å². The molecular formula is C16H18ClNO. The van der Waals surface area contributed by atoms with Gasteiger partial charge in [-0.05, 0) is 54.3 Å². The van der Waals surface area contributed by atoms with Crippen LogP contribution in [0.5, 0.6) is 5.75 Å². The standard InChI is InChI=1S/C16H18ClNO/c1-10-9-13(17)5-6-14(10)16(18)12-4-7-15(19-3)11(2)8-12/h4-9,16H,18H2,1-3H3. The summed E-state index contributed by atoms with van der Waals surface area (Å²) in [7, 11) is 1.67. The normalized spacial score (nSPS) is 12.3. The highest BCUT2D eigenvalue weighted by Gasteiger charge is 2.13. The van der Waals surface area contributed by atoms with E-state index in [9.17, 15) is 0 Å². The molecule has 0 aliphatic carbocycles.